The van der Waals surface area contributed by atoms with Crippen molar-refractivity contribution in [1.29, 1.82) is 0 Å². The van der Waals surface area contributed by atoms with Crippen molar-refractivity contribution in [3.8, 4) is 0 Å². The van der Waals surface area contributed by atoms with E-state index >= 15 is 0 Å². The van der Waals surface area contributed by atoms with Crippen molar-refractivity contribution in [3.05, 3.63) is 22.8 Å². The van der Waals surface area contributed by atoms with Crippen LogP contribution in [0.15, 0.2) is 22.8 Å². The van der Waals surface area contributed by atoms with Crippen molar-refractivity contribution in [2.24, 2.45) is 5.73 Å². The third kappa shape index (κ3) is 3.61. The van der Waals surface area contributed by atoms with Crippen LogP contribution >= 0.6 is 11.8 Å². The molecule has 0 aliphatic rings. The second-order valence-corrected chi connectivity index (χ2v) is 2.59. The molecule has 0 aliphatic heterocycles. The molecule has 0 atom stereocenters. The summed E-state index contributed by atoms with van der Waals surface area (Å²) in [6, 6.07) is 0. The first kappa shape index (κ1) is 7.43. The van der Waals surface area contributed by atoms with Gasteiger partial charge in [0.05, 0.1) is 0 Å². The summed E-state index contributed by atoms with van der Waals surface area (Å²) in [6.07, 6.45) is 1.42. The summed E-state index contributed by atoms with van der Waals surface area (Å²) in [5.74, 6) is 0. The van der Waals surface area contributed by atoms with Crippen LogP contribution in [0.3, 0.4) is 0 Å². The molecule has 0 amide bonds. The predicted molar refractivity (Wildman–Crippen MR) is 37.3 cm³/mol. The molecule has 0 bridgehead atoms. The third-order valence-electron chi connectivity index (χ3n) is 0.514. The van der Waals surface area contributed by atoms with Crippen LogP contribution in [0.5, 0.6) is 0 Å². The smallest absolute Gasteiger partial charge is 0.147 e. The van der Waals surface area contributed by atoms with Gasteiger partial charge in [-0.15, -0.1) is 0 Å². The first-order valence-corrected chi connectivity index (χ1v) is 2.92. The fraction of sp³-hybridized carbons (Fsp3) is 0.200. The number of hydrogen-bond donors (Lipinski definition) is 2. The van der Waals surface area contributed by atoms with Gasteiger partial charge in [0.2, 0.25) is 0 Å². The summed E-state index contributed by atoms with van der Waals surface area (Å²) < 4.78 is 0. The normalized spacial score (nSPS) is 11.4. The Kier molecular flexibility index (Phi) is 3.19. The van der Waals surface area contributed by atoms with E-state index in [2.05, 4.69) is 6.58 Å². The van der Waals surface area contributed by atoms with Crippen molar-refractivity contribution in [1.82, 2.24) is 0 Å². The molecule has 0 heterocycles. The number of allylic oxidation sites excluding steroid dienone is 1. The van der Waals surface area contributed by atoms with Crippen LogP contribution in [0, 0.1) is 0 Å². The Morgan fingerprint density at radius 3 is 2.50 bits per heavy atom. The zero-order valence-corrected chi connectivity index (χ0v) is 5.53. The molecule has 0 aromatic rings. The van der Waals surface area contributed by atoms with Crippen LogP contribution in [0.1, 0.15) is 6.92 Å². The summed E-state index contributed by atoms with van der Waals surface area (Å²) in [6.45, 7) is 5.06. The molecule has 0 aliphatic carbocycles. The average Bonchev–Trinajstić information content (AvgIpc) is 1.65. The van der Waals surface area contributed by atoms with Gasteiger partial charge in [0.1, 0.15) is 5.09 Å². The van der Waals surface area contributed by atoms with E-state index in [1.807, 2.05) is 0 Å². The Bertz CT molecular complexity index is 120. The molecule has 3 N–H and O–H groups in total. The van der Waals surface area contributed by atoms with Gasteiger partial charge in [-0.05, 0) is 13.5 Å². The van der Waals surface area contributed by atoms with Crippen molar-refractivity contribution >= 4 is 11.8 Å². The third-order valence-corrected chi connectivity index (χ3v) is 1.21. The number of hydrogen-bond acceptors (Lipinski definition) is 3. The SMILES string of the molecule is C=C(O)S/C(C)=C\N. The van der Waals surface area contributed by atoms with Crippen LogP contribution < -0.4 is 5.73 Å². The first-order valence-electron chi connectivity index (χ1n) is 2.11. The van der Waals surface area contributed by atoms with Crippen LogP contribution in [0.4, 0.5) is 0 Å². The highest BCUT2D eigenvalue weighted by atomic mass is 32.2. The van der Waals surface area contributed by atoms with E-state index in [4.69, 9.17) is 10.8 Å². The summed E-state index contributed by atoms with van der Waals surface area (Å²) in [4.78, 5) is 0.845. The fourth-order valence-corrected chi connectivity index (χ4v) is 0.660. The number of thioether (sulfide) groups is 1. The Morgan fingerprint density at radius 2 is 2.38 bits per heavy atom. The van der Waals surface area contributed by atoms with E-state index in [-0.39, 0.29) is 5.09 Å². The molecule has 2 nitrogen and oxygen atoms in total. The Hall–Kier alpha value is -0.570. The number of aliphatic hydroxyl groups is 1. The maximum Gasteiger partial charge on any atom is 0.147 e. The lowest BCUT2D eigenvalue weighted by molar-refractivity contribution is 0.459. The Balaban J connectivity index is 3.56. The Labute approximate surface area is 53.1 Å². The van der Waals surface area contributed by atoms with Crippen molar-refractivity contribution in [3.63, 3.8) is 0 Å². The molecule has 0 unspecified atom stereocenters. The van der Waals surface area contributed by atoms with Gasteiger partial charge in [0.25, 0.3) is 0 Å². The zero-order chi connectivity index (χ0) is 6.57. The molecule has 46 valence electrons. The van der Waals surface area contributed by atoms with Crippen molar-refractivity contribution in [2.45, 2.75) is 6.92 Å². The highest BCUT2D eigenvalue weighted by molar-refractivity contribution is 8.06. The second-order valence-electron chi connectivity index (χ2n) is 1.27. The zero-order valence-electron chi connectivity index (χ0n) is 4.72. The van der Waals surface area contributed by atoms with Crippen molar-refractivity contribution < 1.29 is 5.11 Å². The van der Waals surface area contributed by atoms with Gasteiger partial charge in [0, 0.05) is 11.1 Å². The van der Waals surface area contributed by atoms with Gasteiger partial charge in [-0.2, -0.15) is 0 Å². The number of rotatable bonds is 2. The summed E-state index contributed by atoms with van der Waals surface area (Å²) >= 11 is 1.15. The molecule has 0 spiro atoms. The van der Waals surface area contributed by atoms with E-state index in [9.17, 15) is 0 Å². The number of nitrogens with two attached hydrogens (primary N) is 1. The van der Waals surface area contributed by atoms with Crippen LogP contribution in [-0.2, 0) is 0 Å². The monoisotopic (exact) mass is 131 g/mol. The van der Waals surface area contributed by atoms with Gasteiger partial charge < -0.3 is 10.8 Å². The van der Waals surface area contributed by atoms with E-state index in [1.165, 1.54) is 6.20 Å². The highest BCUT2D eigenvalue weighted by Crippen LogP contribution is 2.18. The molecule has 0 aromatic heterocycles. The lowest BCUT2D eigenvalue weighted by Gasteiger charge is -1.93. The van der Waals surface area contributed by atoms with Crippen LogP contribution in [0.25, 0.3) is 0 Å². The van der Waals surface area contributed by atoms with E-state index in [0.29, 0.717) is 0 Å². The summed E-state index contributed by atoms with van der Waals surface area (Å²) in [7, 11) is 0. The highest BCUT2D eigenvalue weighted by Gasteiger charge is 1.89. The predicted octanol–water partition coefficient (Wildman–Crippen LogP) is 1.57. The fourth-order valence-electron chi connectivity index (χ4n) is 0.220. The average molecular weight is 131 g/mol. The summed E-state index contributed by atoms with van der Waals surface area (Å²) in [5.41, 5.74) is 5.09. The second kappa shape index (κ2) is 3.43. The molecular formula is C5H9NOS. The van der Waals surface area contributed by atoms with Gasteiger partial charge in [0.15, 0.2) is 0 Å². The minimum atomic E-state index is 0.0733. The quantitative estimate of drug-likeness (QED) is 0.559. The standard InChI is InChI=1S/C5H9NOS/c1-4(3-6)8-5(2)7/h3,7H,2,6H2,1H3/b4-3-. The number of aliphatic hydroxyl groups excluding tert-OH is 1. The maximum absolute atomic E-state index is 8.53. The minimum Gasteiger partial charge on any atom is -0.502 e. The molecule has 3 heteroatoms. The molecular weight excluding hydrogens is 122 g/mol. The largest absolute Gasteiger partial charge is 0.502 e. The van der Waals surface area contributed by atoms with Crippen LogP contribution in [-0.4, -0.2) is 5.11 Å². The summed E-state index contributed by atoms with van der Waals surface area (Å²) in [5, 5.41) is 8.60. The molecule has 8 heavy (non-hydrogen) atoms. The van der Waals surface area contributed by atoms with Crippen LogP contribution in [0.2, 0.25) is 0 Å². The van der Waals surface area contributed by atoms with Gasteiger partial charge in [-0.3, -0.25) is 0 Å². The lowest BCUT2D eigenvalue weighted by Crippen LogP contribution is -1.79. The minimum absolute atomic E-state index is 0.0733. The van der Waals surface area contributed by atoms with Crippen molar-refractivity contribution in [2.75, 3.05) is 0 Å². The van der Waals surface area contributed by atoms with Gasteiger partial charge in [-0.25, -0.2) is 0 Å². The maximum atomic E-state index is 8.53. The van der Waals surface area contributed by atoms with Gasteiger partial charge >= 0.3 is 0 Å². The topological polar surface area (TPSA) is 46.2 Å². The molecule has 0 aromatic carbocycles. The van der Waals surface area contributed by atoms with E-state index in [0.717, 1.165) is 16.7 Å². The molecule has 0 rings (SSSR count). The molecule has 0 saturated heterocycles. The molecule has 0 saturated carbocycles. The van der Waals surface area contributed by atoms with E-state index in [1.54, 1.807) is 6.92 Å². The molecule has 0 fully saturated rings. The van der Waals surface area contributed by atoms with Gasteiger partial charge in [-0.1, -0.05) is 11.8 Å². The Morgan fingerprint density at radius 1 is 1.88 bits per heavy atom. The lowest BCUT2D eigenvalue weighted by atomic mass is 10.7. The first-order chi connectivity index (χ1) is 3.66. The van der Waals surface area contributed by atoms with E-state index < -0.39 is 0 Å². The molecule has 0 radical (unpaired) electrons.